The van der Waals surface area contributed by atoms with E-state index in [9.17, 15) is 9.59 Å². The van der Waals surface area contributed by atoms with Gasteiger partial charge in [0.2, 0.25) is 11.8 Å². The molecular weight excluding hydrogens is 438 g/mol. The van der Waals surface area contributed by atoms with Crippen LogP contribution in [0.5, 0.6) is 11.5 Å². The fourth-order valence-corrected chi connectivity index (χ4v) is 4.89. The predicted octanol–water partition coefficient (Wildman–Crippen LogP) is 3.46. The third-order valence-electron chi connectivity index (χ3n) is 5.00. The molecule has 7 nitrogen and oxygen atoms in total. The number of halogens is 1. The normalized spacial score (nSPS) is 17.5. The van der Waals surface area contributed by atoms with Gasteiger partial charge in [0.25, 0.3) is 0 Å². The number of hydrogen-bond acceptors (Lipinski definition) is 6. The maximum absolute atomic E-state index is 13.0. The van der Waals surface area contributed by atoms with Gasteiger partial charge in [-0.1, -0.05) is 11.6 Å². The molecule has 160 valence electrons. The Hall–Kier alpha value is -2.89. The zero-order valence-corrected chi connectivity index (χ0v) is 18.2. The van der Waals surface area contributed by atoms with E-state index in [1.54, 1.807) is 41.3 Å². The number of hydrogen-bond donors (Lipinski definition) is 1. The number of ether oxygens (including phenoxy) is 2. The van der Waals surface area contributed by atoms with Crippen molar-refractivity contribution in [1.82, 2.24) is 4.90 Å². The minimum atomic E-state index is -0.566. The molecular formula is C22H20ClN3O4S. The number of fused-ring (bicyclic) bond motifs is 1. The number of rotatable bonds is 4. The Labute approximate surface area is 189 Å². The van der Waals surface area contributed by atoms with Crippen LogP contribution in [0, 0.1) is 11.3 Å². The second-order valence-electron chi connectivity index (χ2n) is 7.19. The smallest absolute Gasteiger partial charge is 0.248 e. The Morgan fingerprint density at radius 2 is 2.00 bits per heavy atom. The zero-order chi connectivity index (χ0) is 21.8. The fourth-order valence-electron chi connectivity index (χ4n) is 3.42. The summed E-state index contributed by atoms with van der Waals surface area (Å²) in [6.07, 6.45) is 0.873. The van der Waals surface area contributed by atoms with Crippen molar-refractivity contribution >= 4 is 40.9 Å². The van der Waals surface area contributed by atoms with Gasteiger partial charge in [0.1, 0.15) is 6.04 Å². The van der Waals surface area contributed by atoms with Gasteiger partial charge >= 0.3 is 0 Å². The van der Waals surface area contributed by atoms with Crippen molar-refractivity contribution in [2.45, 2.75) is 18.9 Å². The monoisotopic (exact) mass is 457 g/mol. The summed E-state index contributed by atoms with van der Waals surface area (Å²) in [4.78, 5) is 27.4. The molecule has 0 aromatic heterocycles. The summed E-state index contributed by atoms with van der Waals surface area (Å²) >= 11 is 7.87. The molecule has 2 aliphatic rings. The summed E-state index contributed by atoms with van der Waals surface area (Å²) in [7, 11) is 0. The summed E-state index contributed by atoms with van der Waals surface area (Å²) in [5.41, 5.74) is 1.81. The molecule has 31 heavy (non-hydrogen) atoms. The SMILES string of the molecule is N#Cc1ccc(NC(=O)C2CSCN2C(=O)Cc2cc(Cl)c3c(c2)OCCCO3)cc1. The summed E-state index contributed by atoms with van der Waals surface area (Å²) in [5, 5.41) is 12.1. The molecule has 2 amide bonds. The van der Waals surface area contributed by atoms with E-state index in [1.807, 2.05) is 6.07 Å². The van der Waals surface area contributed by atoms with E-state index in [4.69, 9.17) is 26.3 Å². The van der Waals surface area contributed by atoms with E-state index >= 15 is 0 Å². The molecule has 0 spiro atoms. The summed E-state index contributed by atoms with van der Waals surface area (Å²) in [5.74, 6) is 1.61. The van der Waals surface area contributed by atoms with Crippen LogP contribution in [-0.2, 0) is 16.0 Å². The van der Waals surface area contributed by atoms with Crippen molar-refractivity contribution in [3.8, 4) is 17.6 Å². The standard InChI is InChI=1S/C22H20ClN3O4S/c23-17-8-15(9-19-21(17)30-7-1-6-29-19)10-20(27)26-13-31-12-18(26)22(28)25-16-4-2-14(11-24)3-5-16/h2-5,8-9,18H,1,6-7,10,12-13H2,(H,25,28). The van der Waals surface area contributed by atoms with E-state index in [-0.39, 0.29) is 18.2 Å². The Kier molecular flexibility index (Phi) is 6.54. The first-order valence-electron chi connectivity index (χ1n) is 9.81. The van der Waals surface area contributed by atoms with E-state index in [0.717, 1.165) is 6.42 Å². The van der Waals surface area contributed by atoms with Crippen LogP contribution in [0.3, 0.4) is 0 Å². The van der Waals surface area contributed by atoms with Crippen molar-refractivity contribution in [2.75, 3.05) is 30.2 Å². The van der Waals surface area contributed by atoms with E-state index in [2.05, 4.69) is 5.32 Å². The average Bonchev–Trinajstić information content (AvgIpc) is 3.14. The number of thioether (sulfide) groups is 1. The minimum Gasteiger partial charge on any atom is -0.489 e. The fraction of sp³-hybridized carbons (Fsp3) is 0.318. The summed E-state index contributed by atoms with van der Waals surface area (Å²) < 4.78 is 11.3. The Morgan fingerprint density at radius 1 is 1.23 bits per heavy atom. The van der Waals surface area contributed by atoms with Crippen molar-refractivity contribution in [1.29, 1.82) is 5.26 Å². The molecule has 1 N–H and O–H groups in total. The second-order valence-corrected chi connectivity index (χ2v) is 8.60. The number of carbonyl (C=O) groups excluding carboxylic acids is 2. The highest BCUT2D eigenvalue weighted by atomic mass is 35.5. The molecule has 1 fully saturated rings. The first kappa shape index (κ1) is 21.3. The number of amides is 2. The van der Waals surface area contributed by atoms with Crippen molar-refractivity contribution < 1.29 is 19.1 Å². The number of carbonyl (C=O) groups is 2. The van der Waals surface area contributed by atoms with Gasteiger partial charge in [0.05, 0.1) is 42.2 Å². The van der Waals surface area contributed by atoms with Crippen molar-refractivity contribution in [3.63, 3.8) is 0 Å². The van der Waals surface area contributed by atoms with Gasteiger partial charge in [-0.3, -0.25) is 9.59 Å². The third-order valence-corrected chi connectivity index (χ3v) is 6.30. The highest BCUT2D eigenvalue weighted by Crippen LogP contribution is 2.38. The molecule has 9 heteroatoms. The highest BCUT2D eigenvalue weighted by molar-refractivity contribution is 7.99. The van der Waals surface area contributed by atoms with Crippen LogP contribution >= 0.6 is 23.4 Å². The number of benzene rings is 2. The van der Waals surface area contributed by atoms with Crippen LogP contribution in [0.25, 0.3) is 0 Å². The lowest BCUT2D eigenvalue weighted by atomic mass is 10.1. The molecule has 0 radical (unpaired) electrons. The van der Waals surface area contributed by atoms with Crippen molar-refractivity contribution in [3.05, 3.63) is 52.5 Å². The highest BCUT2D eigenvalue weighted by Gasteiger charge is 2.34. The van der Waals surface area contributed by atoms with Gasteiger partial charge in [-0.25, -0.2) is 0 Å². The summed E-state index contributed by atoms with van der Waals surface area (Å²) in [6, 6.07) is 11.6. The Bertz CT molecular complexity index is 1040. The molecule has 2 aliphatic heterocycles. The molecule has 2 aromatic rings. The lowest BCUT2D eigenvalue weighted by Gasteiger charge is -2.23. The molecule has 2 heterocycles. The number of anilines is 1. The first-order chi connectivity index (χ1) is 15.0. The van der Waals surface area contributed by atoms with Gasteiger partial charge in [0.15, 0.2) is 11.5 Å². The predicted molar refractivity (Wildman–Crippen MR) is 119 cm³/mol. The van der Waals surface area contributed by atoms with Crippen LogP contribution in [0.4, 0.5) is 5.69 Å². The van der Waals surface area contributed by atoms with Crippen LogP contribution in [-0.4, -0.2) is 47.6 Å². The number of nitrogens with zero attached hydrogens (tertiary/aromatic N) is 2. The average molecular weight is 458 g/mol. The van der Waals surface area contributed by atoms with Crippen LogP contribution in [0.1, 0.15) is 17.5 Å². The molecule has 4 rings (SSSR count). The Balaban J connectivity index is 1.44. The van der Waals surface area contributed by atoms with Gasteiger partial charge in [-0.15, -0.1) is 11.8 Å². The second kappa shape index (κ2) is 9.50. The topological polar surface area (TPSA) is 91.7 Å². The van der Waals surface area contributed by atoms with Crippen LogP contribution < -0.4 is 14.8 Å². The summed E-state index contributed by atoms with van der Waals surface area (Å²) in [6.45, 7) is 1.06. The third kappa shape index (κ3) is 4.89. The Morgan fingerprint density at radius 3 is 2.77 bits per heavy atom. The lowest BCUT2D eigenvalue weighted by Crippen LogP contribution is -2.45. The van der Waals surface area contributed by atoms with Gasteiger partial charge in [0, 0.05) is 17.9 Å². The maximum Gasteiger partial charge on any atom is 0.248 e. The minimum absolute atomic E-state index is 0.109. The number of nitrogens with one attached hydrogen (secondary N) is 1. The van der Waals surface area contributed by atoms with Crippen LogP contribution in [0.2, 0.25) is 5.02 Å². The van der Waals surface area contributed by atoms with Crippen LogP contribution in [0.15, 0.2) is 36.4 Å². The molecule has 1 unspecified atom stereocenters. The van der Waals surface area contributed by atoms with Gasteiger partial charge < -0.3 is 19.7 Å². The maximum atomic E-state index is 13.0. The lowest BCUT2D eigenvalue weighted by molar-refractivity contribution is -0.135. The van der Waals surface area contributed by atoms with Gasteiger partial charge in [-0.2, -0.15) is 5.26 Å². The number of nitriles is 1. The molecule has 2 aromatic carbocycles. The van der Waals surface area contributed by atoms with Crippen molar-refractivity contribution in [2.24, 2.45) is 0 Å². The first-order valence-corrected chi connectivity index (χ1v) is 11.3. The van der Waals surface area contributed by atoms with Gasteiger partial charge in [-0.05, 0) is 42.0 Å². The molecule has 0 saturated carbocycles. The van der Waals surface area contributed by atoms with E-state index < -0.39 is 6.04 Å². The quantitative estimate of drug-likeness (QED) is 0.756. The zero-order valence-electron chi connectivity index (χ0n) is 16.6. The molecule has 1 saturated heterocycles. The largest absolute Gasteiger partial charge is 0.489 e. The molecule has 0 aliphatic carbocycles. The van der Waals surface area contributed by atoms with E-state index in [1.165, 1.54) is 11.8 Å². The van der Waals surface area contributed by atoms with E-state index in [0.29, 0.717) is 58.2 Å². The molecule has 0 bridgehead atoms. The molecule has 1 atom stereocenters.